The molecule has 0 aromatic carbocycles. The van der Waals surface area contributed by atoms with E-state index < -0.39 is 0 Å². The van der Waals surface area contributed by atoms with E-state index in [0.717, 1.165) is 32.1 Å². The van der Waals surface area contributed by atoms with Gasteiger partial charge in [0.25, 0.3) is 0 Å². The predicted octanol–water partition coefficient (Wildman–Crippen LogP) is 0.926. The second-order valence-corrected chi connectivity index (χ2v) is 4.10. The fourth-order valence-electron chi connectivity index (χ4n) is 1.44. The summed E-state index contributed by atoms with van der Waals surface area (Å²) in [6.07, 6.45) is 0. The van der Waals surface area contributed by atoms with Gasteiger partial charge in [-0.3, -0.25) is 0 Å². The molecule has 2 heterocycles. The SMILES string of the molecule is COc1cc(N2CCOCC2)nc(I)n1. The van der Waals surface area contributed by atoms with Crippen LogP contribution in [0.25, 0.3) is 0 Å². The zero-order valence-electron chi connectivity index (χ0n) is 8.44. The lowest BCUT2D eigenvalue weighted by molar-refractivity contribution is 0.122. The summed E-state index contributed by atoms with van der Waals surface area (Å²) < 4.78 is 11.1. The third kappa shape index (κ3) is 2.69. The highest BCUT2D eigenvalue weighted by atomic mass is 127. The Balaban J connectivity index is 2.22. The molecule has 0 spiro atoms. The van der Waals surface area contributed by atoms with Crippen molar-refractivity contribution in [1.29, 1.82) is 0 Å². The first-order valence-corrected chi connectivity index (χ1v) is 5.79. The van der Waals surface area contributed by atoms with E-state index in [0.29, 0.717) is 9.71 Å². The van der Waals surface area contributed by atoms with E-state index in [-0.39, 0.29) is 0 Å². The van der Waals surface area contributed by atoms with Crippen LogP contribution in [0, 0.1) is 3.83 Å². The van der Waals surface area contributed by atoms with Crippen molar-refractivity contribution in [3.8, 4) is 5.88 Å². The van der Waals surface area contributed by atoms with Crippen molar-refractivity contribution in [2.75, 3.05) is 38.3 Å². The molecular formula is C9H12IN3O2. The van der Waals surface area contributed by atoms with Crippen LogP contribution in [0.1, 0.15) is 0 Å². The molecule has 1 aromatic heterocycles. The van der Waals surface area contributed by atoms with Crippen LogP contribution in [0.2, 0.25) is 0 Å². The van der Waals surface area contributed by atoms with Crippen molar-refractivity contribution in [3.63, 3.8) is 0 Å². The normalized spacial score (nSPS) is 16.5. The van der Waals surface area contributed by atoms with Gasteiger partial charge >= 0.3 is 0 Å². The van der Waals surface area contributed by atoms with E-state index in [1.54, 1.807) is 7.11 Å². The molecule has 0 amide bonds. The Morgan fingerprint density at radius 1 is 1.40 bits per heavy atom. The van der Waals surface area contributed by atoms with Crippen LogP contribution in [0.5, 0.6) is 5.88 Å². The number of anilines is 1. The van der Waals surface area contributed by atoms with Gasteiger partial charge in [0, 0.05) is 41.7 Å². The van der Waals surface area contributed by atoms with E-state index in [1.165, 1.54) is 0 Å². The number of morpholine rings is 1. The van der Waals surface area contributed by atoms with E-state index in [2.05, 4.69) is 37.5 Å². The minimum absolute atomic E-state index is 0.607. The number of halogens is 1. The molecule has 1 aliphatic rings. The number of nitrogens with zero attached hydrogens (tertiary/aromatic N) is 3. The van der Waals surface area contributed by atoms with E-state index in [4.69, 9.17) is 9.47 Å². The first-order chi connectivity index (χ1) is 7.29. The zero-order chi connectivity index (χ0) is 10.7. The molecule has 82 valence electrons. The van der Waals surface area contributed by atoms with Crippen LogP contribution in [-0.4, -0.2) is 43.4 Å². The molecule has 0 radical (unpaired) electrons. The molecule has 6 heteroatoms. The molecule has 2 rings (SSSR count). The lowest BCUT2D eigenvalue weighted by Gasteiger charge is -2.27. The Bertz CT molecular complexity index is 342. The van der Waals surface area contributed by atoms with Crippen LogP contribution in [-0.2, 0) is 4.74 Å². The summed E-state index contributed by atoms with van der Waals surface area (Å²) in [5, 5.41) is 0. The van der Waals surface area contributed by atoms with Gasteiger partial charge in [0.15, 0.2) is 3.83 Å². The topological polar surface area (TPSA) is 47.5 Å². The quantitative estimate of drug-likeness (QED) is 0.599. The fourth-order valence-corrected chi connectivity index (χ4v) is 1.93. The largest absolute Gasteiger partial charge is 0.481 e. The van der Waals surface area contributed by atoms with Crippen LogP contribution < -0.4 is 9.64 Å². The Hall–Kier alpha value is -0.630. The molecule has 15 heavy (non-hydrogen) atoms. The summed E-state index contributed by atoms with van der Waals surface area (Å²) in [6, 6.07) is 1.85. The van der Waals surface area contributed by atoms with E-state index in [1.807, 2.05) is 6.07 Å². The van der Waals surface area contributed by atoms with Crippen LogP contribution in [0.3, 0.4) is 0 Å². The van der Waals surface area contributed by atoms with Gasteiger partial charge in [0.1, 0.15) is 5.82 Å². The maximum absolute atomic E-state index is 5.29. The molecule has 0 saturated carbocycles. The Morgan fingerprint density at radius 2 is 2.13 bits per heavy atom. The summed E-state index contributed by atoms with van der Waals surface area (Å²) >= 11 is 2.09. The molecular weight excluding hydrogens is 309 g/mol. The summed E-state index contributed by atoms with van der Waals surface area (Å²) in [6.45, 7) is 3.25. The monoisotopic (exact) mass is 321 g/mol. The predicted molar refractivity (Wildman–Crippen MR) is 64.3 cm³/mol. The van der Waals surface area contributed by atoms with Gasteiger partial charge < -0.3 is 14.4 Å². The Morgan fingerprint density at radius 3 is 2.80 bits per heavy atom. The van der Waals surface area contributed by atoms with Crippen molar-refractivity contribution in [2.24, 2.45) is 0 Å². The lowest BCUT2D eigenvalue weighted by atomic mass is 10.4. The highest BCUT2D eigenvalue weighted by Gasteiger charge is 2.14. The lowest BCUT2D eigenvalue weighted by Crippen LogP contribution is -2.36. The fraction of sp³-hybridized carbons (Fsp3) is 0.556. The number of hydrogen-bond acceptors (Lipinski definition) is 5. The Kier molecular flexibility index (Phi) is 3.57. The molecule has 0 N–H and O–H groups in total. The maximum Gasteiger partial charge on any atom is 0.219 e. The van der Waals surface area contributed by atoms with Gasteiger partial charge in [-0.15, -0.1) is 0 Å². The Labute approximate surface area is 102 Å². The van der Waals surface area contributed by atoms with Gasteiger partial charge in [-0.25, -0.2) is 4.98 Å². The van der Waals surface area contributed by atoms with Crippen LogP contribution >= 0.6 is 22.6 Å². The van der Waals surface area contributed by atoms with Crippen molar-refractivity contribution in [1.82, 2.24) is 9.97 Å². The first-order valence-electron chi connectivity index (χ1n) is 4.71. The van der Waals surface area contributed by atoms with Crippen LogP contribution in [0.4, 0.5) is 5.82 Å². The molecule has 0 aliphatic carbocycles. The van der Waals surface area contributed by atoms with Crippen molar-refractivity contribution in [3.05, 3.63) is 9.90 Å². The zero-order valence-corrected chi connectivity index (χ0v) is 10.6. The standard InChI is InChI=1S/C9H12IN3O2/c1-14-8-6-7(11-9(10)12-8)13-2-4-15-5-3-13/h6H,2-5H2,1H3. The smallest absolute Gasteiger partial charge is 0.219 e. The van der Waals surface area contributed by atoms with E-state index >= 15 is 0 Å². The average molecular weight is 321 g/mol. The number of methoxy groups -OCH3 is 1. The number of ether oxygens (including phenoxy) is 2. The van der Waals surface area contributed by atoms with Gasteiger partial charge in [0.05, 0.1) is 20.3 Å². The molecule has 1 aliphatic heterocycles. The van der Waals surface area contributed by atoms with Crippen molar-refractivity contribution < 1.29 is 9.47 Å². The number of aromatic nitrogens is 2. The van der Waals surface area contributed by atoms with Gasteiger partial charge in [-0.1, -0.05) is 0 Å². The maximum atomic E-state index is 5.29. The third-order valence-corrected chi connectivity index (χ3v) is 2.69. The molecule has 1 aromatic rings. The number of rotatable bonds is 2. The second kappa shape index (κ2) is 4.93. The first kappa shape index (κ1) is 10.9. The molecule has 1 saturated heterocycles. The summed E-state index contributed by atoms with van der Waals surface area (Å²) in [5.74, 6) is 1.52. The summed E-state index contributed by atoms with van der Waals surface area (Å²) in [7, 11) is 1.61. The minimum atomic E-state index is 0.607. The molecule has 0 unspecified atom stereocenters. The van der Waals surface area contributed by atoms with Crippen molar-refractivity contribution >= 4 is 28.4 Å². The highest BCUT2D eigenvalue weighted by Crippen LogP contribution is 2.18. The summed E-state index contributed by atoms with van der Waals surface area (Å²) in [5.41, 5.74) is 0. The van der Waals surface area contributed by atoms with Gasteiger partial charge in [0.2, 0.25) is 5.88 Å². The molecule has 5 nitrogen and oxygen atoms in total. The minimum Gasteiger partial charge on any atom is -0.481 e. The molecule has 0 atom stereocenters. The second-order valence-electron chi connectivity index (χ2n) is 3.14. The third-order valence-electron chi connectivity index (χ3n) is 2.21. The number of hydrogen-bond donors (Lipinski definition) is 0. The summed E-state index contributed by atoms with van der Waals surface area (Å²) in [4.78, 5) is 10.7. The van der Waals surface area contributed by atoms with E-state index in [9.17, 15) is 0 Å². The molecule has 1 fully saturated rings. The molecule has 0 bridgehead atoms. The van der Waals surface area contributed by atoms with Crippen molar-refractivity contribution in [2.45, 2.75) is 0 Å². The average Bonchev–Trinajstić information content (AvgIpc) is 2.29. The van der Waals surface area contributed by atoms with Gasteiger partial charge in [-0.2, -0.15) is 4.98 Å². The van der Waals surface area contributed by atoms with Crippen LogP contribution in [0.15, 0.2) is 6.07 Å². The highest BCUT2D eigenvalue weighted by molar-refractivity contribution is 14.1. The van der Waals surface area contributed by atoms with Gasteiger partial charge in [-0.05, 0) is 0 Å².